The molecule has 0 bridgehead atoms. The van der Waals surface area contributed by atoms with Crippen LogP contribution in [0.4, 0.5) is 5.69 Å². The Bertz CT molecular complexity index is 395. The highest BCUT2D eigenvalue weighted by molar-refractivity contribution is 5.51. The summed E-state index contributed by atoms with van der Waals surface area (Å²) in [6.07, 6.45) is 3.27. The Morgan fingerprint density at radius 2 is 2.07 bits per heavy atom. The number of nitrogens with two attached hydrogens (primary N) is 1. The Morgan fingerprint density at radius 1 is 1.21 bits per heavy atom. The first-order chi connectivity index (χ1) is 6.86. The molecule has 3 heteroatoms. The number of benzene rings is 1. The highest BCUT2D eigenvalue weighted by Gasteiger charge is 1.99. The lowest BCUT2D eigenvalue weighted by Crippen LogP contribution is -1.97. The summed E-state index contributed by atoms with van der Waals surface area (Å²) < 4.78 is 10.4. The molecule has 0 fully saturated rings. The van der Waals surface area contributed by atoms with E-state index in [1.54, 1.807) is 12.5 Å². The van der Waals surface area contributed by atoms with Gasteiger partial charge in [0.15, 0.2) is 0 Å². The molecule has 2 aromatic rings. The number of furan rings is 1. The Balaban J connectivity index is 2.02. The van der Waals surface area contributed by atoms with Gasteiger partial charge in [-0.3, -0.25) is 0 Å². The third-order valence-electron chi connectivity index (χ3n) is 1.89. The van der Waals surface area contributed by atoms with Crippen LogP contribution >= 0.6 is 0 Å². The van der Waals surface area contributed by atoms with Gasteiger partial charge in [-0.15, -0.1) is 0 Å². The number of hydrogen-bond donors (Lipinski definition) is 1. The summed E-state index contributed by atoms with van der Waals surface area (Å²) in [6.45, 7) is 0.477. The summed E-state index contributed by atoms with van der Waals surface area (Å²) in [5, 5.41) is 0. The first-order valence-corrected chi connectivity index (χ1v) is 4.34. The molecule has 0 aliphatic heterocycles. The Labute approximate surface area is 82.1 Å². The fourth-order valence-electron chi connectivity index (χ4n) is 1.15. The van der Waals surface area contributed by atoms with Gasteiger partial charge >= 0.3 is 0 Å². The standard InChI is InChI=1S/C11H11NO2/c12-10-3-1-2-4-11(10)14-8-9-5-6-13-7-9/h1-7H,8,12H2. The monoisotopic (exact) mass is 189 g/mol. The number of ether oxygens (including phenoxy) is 1. The van der Waals surface area contributed by atoms with Crippen molar-refractivity contribution in [3.05, 3.63) is 48.4 Å². The first-order valence-electron chi connectivity index (χ1n) is 4.34. The largest absolute Gasteiger partial charge is 0.487 e. The van der Waals surface area contributed by atoms with Crippen LogP contribution in [0.1, 0.15) is 5.56 Å². The molecular formula is C11H11NO2. The number of anilines is 1. The summed E-state index contributed by atoms with van der Waals surface area (Å²) in [6, 6.07) is 9.28. The predicted octanol–water partition coefficient (Wildman–Crippen LogP) is 2.44. The second-order valence-corrected chi connectivity index (χ2v) is 2.96. The molecule has 72 valence electrons. The summed E-state index contributed by atoms with van der Waals surface area (Å²) in [5.74, 6) is 0.703. The molecule has 0 atom stereocenters. The molecule has 0 saturated carbocycles. The van der Waals surface area contributed by atoms with Crippen molar-refractivity contribution in [2.45, 2.75) is 6.61 Å². The normalized spacial score (nSPS) is 10.0. The van der Waals surface area contributed by atoms with Crippen molar-refractivity contribution in [1.82, 2.24) is 0 Å². The van der Waals surface area contributed by atoms with Gasteiger partial charge in [0.05, 0.1) is 18.2 Å². The van der Waals surface area contributed by atoms with Crippen LogP contribution in [0.5, 0.6) is 5.75 Å². The smallest absolute Gasteiger partial charge is 0.142 e. The van der Waals surface area contributed by atoms with Crippen molar-refractivity contribution in [2.24, 2.45) is 0 Å². The molecular weight excluding hydrogens is 178 g/mol. The van der Waals surface area contributed by atoms with E-state index in [4.69, 9.17) is 14.9 Å². The van der Waals surface area contributed by atoms with E-state index in [1.165, 1.54) is 0 Å². The van der Waals surface area contributed by atoms with Crippen LogP contribution < -0.4 is 10.5 Å². The van der Waals surface area contributed by atoms with E-state index in [9.17, 15) is 0 Å². The highest BCUT2D eigenvalue weighted by atomic mass is 16.5. The molecule has 2 N–H and O–H groups in total. The second-order valence-electron chi connectivity index (χ2n) is 2.96. The third kappa shape index (κ3) is 1.88. The molecule has 1 heterocycles. The van der Waals surface area contributed by atoms with Gasteiger partial charge in [-0.25, -0.2) is 0 Å². The lowest BCUT2D eigenvalue weighted by Gasteiger charge is -2.06. The quantitative estimate of drug-likeness (QED) is 0.754. The highest BCUT2D eigenvalue weighted by Crippen LogP contribution is 2.20. The maximum absolute atomic E-state index is 5.71. The molecule has 0 spiro atoms. The van der Waals surface area contributed by atoms with Gasteiger partial charge in [0, 0.05) is 5.56 Å². The fraction of sp³-hybridized carbons (Fsp3) is 0.0909. The van der Waals surface area contributed by atoms with Gasteiger partial charge < -0.3 is 14.9 Å². The lowest BCUT2D eigenvalue weighted by molar-refractivity contribution is 0.306. The molecule has 2 rings (SSSR count). The van der Waals surface area contributed by atoms with E-state index >= 15 is 0 Å². The molecule has 0 aliphatic rings. The minimum absolute atomic E-state index is 0.477. The van der Waals surface area contributed by atoms with E-state index in [1.807, 2.05) is 30.3 Å². The van der Waals surface area contributed by atoms with Gasteiger partial charge in [-0.2, -0.15) is 0 Å². The minimum Gasteiger partial charge on any atom is -0.487 e. The van der Waals surface area contributed by atoms with Crippen molar-refractivity contribution >= 4 is 5.69 Å². The zero-order valence-electron chi connectivity index (χ0n) is 7.64. The summed E-state index contributed by atoms with van der Waals surface area (Å²) >= 11 is 0. The average Bonchev–Trinajstić information content (AvgIpc) is 2.69. The number of hydrogen-bond acceptors (Lipinski definition) is 3. The SMILES string of the molecule is Nc1ccccc1OCc1ccoc1. The number of para-hydroxylation sites is 2. The van der Waals surface area contributed by atoms with Crippen LogP contribution in [0, 0.1) is 0 Å². The van der Waals surface area contributed by atoms with Crippen molar-refractivity contribution < 1.29 is 9.15 Å². The Kier molecular flexibility index (Phi) is 2.40. The number of nitrogen functional groups attached to an aromatic ring is 1. The molecule has 14 heavy (non-hydrogen) atoms. The van der Waals surface area contributed by atoms with E-state index in [0.29, 0.717) is 18.0 Å². The van der Waals surface area contributed by atoms with Crippen LogP contribution in [0.3, 0.4) is 0 Å². The number of rotatable bonds is 3. The predicted molar refractivity (Wildman–Crippen MR) is 53.9 cm³/mol. The maximum atomic E-state index is 5.71. The van der Waals surface area contributed by atoms with Crippen molar-refractivity contribution in [3.63, 3.8) is 0 Å². The molecule has 0 amide bonds. The summed E-state index contributed by atoms with van der Waals surface area (Å²) in [4.78, 5) is 0. The second kappa shape index (κ2) is 3.87. The van der Waals surface area contributed by atoms with Gasteiger partial charge in [-0.1, -0.05) is 12.1 Å². The van der Waals surface area contributed by atoms with Crippen molar-refractivity contribution in [1.29, 1.82) is 0 Å². The van der Waals surface area contributed by atoms with Gasteiger partial charge in [-0.05, 0) is 18.2 Å². The van der Waals surface area contributed by atoms with Crippen LogP contribution in [0.15, 0.2) is 47.3 Å². The average molecular weight is 189 g/mol. The third-order valence-corrected chi connectivity index (χ3v) is 1.89. The van der Waals surface area contributed by atoms with E-state index in [0.717, 1.165) is 5.56 Å². The van der Waals surface area contributed by atoms with Gasteiger partial charge in [0.1, 0.15) is 12.4 Å². The Morgan fingerprint density at radius 3 is 2.79 bits per heavy atom. The van der Waals surface area contributed by atoms with E-state index < -0.39 is 0 Å². The molecule has 0 aliphatic carbocycles. The molecule has 1 aromatic carbocycles. The minimum atomic E-state index is 0.477. The van der Waals surface area contributed by atoms with Crippen LogP contribution in [-0.4, -0.2) is 0 Å². The molecule has 0 saturated heterocycles. The van der Waals surface area contributed by atoms with Gasteiger partial charge in [0.2, 0.25) is 0 Å². The zero-order valence-corrected chi connectivity index (χ0v) is 7.64. The van der Waals surface area contributed by atoms with Crippen LogP contribution in [0.25, 0.3) is 0 Å². The zero-order chi connectivity index (χ0) is 9.80. The summed E-state index contributed by atoms with van der Waals surface area (Å²) in [7, 11) is 0. The first kappa shape index (κ1) is 8.69. The van der Waals surface area contributed by atoms with E-state index in [-0.39, 0.29) is 0 Å². The Hall–Kier alpha value is -1.90. The van der Waals surface area contributed by atoms with Crippen LogP contribution in [-0.2, 0) is 6.61 Å². The molecule has 1 aromatic heterocycles. The van der Waals surface area contributed by atoms with Crippen LogP contribution in [0.2, 0.25) is 0 Å². The fourth-order valence-corrected chi connectivity index (χ4v) is 1.15. The maximum Gasteiger partial charge on any atom is 0.142 e. The summed E-state index contributed by atoms with van der Waals surface area (Å²) in [5.41, 5.74) is 7.35. The van der Waals surface area contributed by atoms with Crippen molar-refractivity contribution in [2.75, 3.05) is 5.73 Å². The van der Waals surface area contributed by atoms with Crippen molar-refractivity contribution in [3.8, 4) is 5.75 Å². The molecule has 3 nitrogen and oxygen atoms in total. The van der Waals surface area contributed by atoms with Gasteiger partial charge in [0.25, 0.3) is 0 Å². The molecule has 0 radical (unpaired) electrons. The topological polar surface area (TPSA) is 48.4 Å². The lowest BCUT2D eigenvalue weighted by atomic mass is 10.3. The molecule has 0 unspecified atom stereocenters. The van der Waals surface area contributed by atoms with E-state index in [2.05, 4.69) is 0 Å².